The van der Waals surface area contributed by atoms with Crippen LogP contribution in [0.4, 0.5) is 11.6 Å². The molecule has 0 aliphatic heterocycles. The van der Waals surface area contributed by atoms with Crippen molar-refractivity contribution in [3.8, 4) is 10.9 Å². The zero-order valence-electron chi connectivity index (χ0n) is 20.5. The number of hydrogen-bond donors (Lipinski definition) is 1. The van der Waals surface area contributed by atoms with Crippen molar-refractivity contribution in [1.82, 2.24) is 14.5 Å². The predicted octanol–water partition coefficient (Wildman–Crippen LogP) is 5.29. The van der Waals surface area contributed by atoms with Gasteiger partial charge in [0.15, 0.2) is 0 Å². The molecule has 0 fully saturated rings. The van der Waals surface area contributed by atoms with Crippen LogP contribution in [0.3, 0.4) is 0 Å². The van der Waals surface area contributed by atoms with E-state index in [1.165, 1.54) is 17.0 Å². The molecule has 0 unspecified atom stereocenters. The minimum Gasteiger partial charge on any atom is -0.462 e. The predicted molar refractivity (Wildman–Crippen MR) is 143 cm³/mol. The molecule has 38 heavy (non-hydrogen) atoms. The second-order valence-electron chi connectivity index (χ2n) is 7.70. The first kappa shape index (κ1) is 26.8. The maximum atomic E-state index is 13.2. The van der Waals surface area contributed by atoms with Crippen molar-refractivity contribution in [3.63, 3.8) is 0 Å². The zero-order valence-corrected chi connectivity index (χ0v) is 22.0. The van der Waals surface area contributed by atoms with E-state index < -0.39 is 17.5 Å². The summed E-state index contributed by atoms with van der Waals surface area (Å²) < 4.78 is 17.0. The van der Waals surface area contributed by atoms with Crippen LogP contribution in [0.1, 0.15) is 39.4 Å². The third kappa shape index (κ3) is 6.55. The second kappa shape index (κ2) is 12.3. The summed E-state index contributed by atoms with van der Waals surface area (Å²) in [6.07, 6.45) is 2.60. The van der Waals surface area contributed by atoms with Gasteiger partial charge in [-0.2, -0.15) is 0 Å². The number of carbonyl (C=O) groups is 2. The summed E-state index contributed by atoms with van der Waals surface area (Å²) in [7, 11) is 0. The van der Waals surface area contributed by atoms with Gasteiger partial charge < -0.3 is 19.5 Å². The van der Waals surface area contributed by atoms with Crippen LogP contribution in [-0.2, 0) is 16.0 Å². The molecule has 12 heteroatoms. The van der Waals surface area contributed by atoms with E-state index in [0.717, 1.165) is 16.9 Å². The summed E-state index contributed by atoms with van der Waals surface area (Å²) in [5.41, 5.74) is 0.693. The highest BCUT2D eigenvalue weighted by Gasteiger charge is 2.18. The SMILES string of the molecule is CCOC(=O)c1cnc(Oc2ccc(Nc3ncc(C(=O)OCC)c(=O)n3Cc3ccc(Cl)cc3)cc2)s1. The fraction of sp³-hybridized carbons (Fsp3) is 0.192. The first-order valence-electron chi connectivity index (χ1n) is 11.6. The number of anilines is 2. The number of rotatable bonds is 10. The van der Waals surface area contributed by atoms with Crippen LogP contribution in [0.15, 0.2) is 65.7 Å². The molecule has 0 aliphatic rings. The van der Waals surface area contributed by atoms with E-state index in [-0.39, 0.29) is 31.3 Å². The highest BCUT2D eigenvalue weighted by Crippen LogP contribution is 2.28. The standard InChI is InChI=1S/C26H23ClN4O6S/c1-3-35-23(33)20-13-28-25(31(22(20)32)15-16-5-7-17(27)8-6-16)30-18-9-11-19(12-10-18)37-26-29-14-21(38-26)24(34)36-4-2/h5-14H,3-4,15H2,1-2H3,(H,28,30). The third-order valence-corrected chi connectivity index (χ3v) is 6.18. The normalized spacial score (nSPS) is 10.6. The summed E-state index contributed by atoms with van der Waals surface area (Å²) in [6, 6.07) is 13.9. The average molecular weight is 555 g/mol. The Kier molecular flexibility index (Phi) is 8.72. The molecule has 0 saturated carbocycles. The molecule has 0 bridgehead atoms. The Morgan fingerprint density at radius 1 is 0.947 bits per heavy atom. The lowest BCUT2D eigenvalue weighted by atomic mass is 10.2. The van der Waals surface area contributed by atoms with Crippen LogP contribution in [-0.4, -0.2) is 39.7 Å². The van der Waals surface area contributed by atoms with Gasteiger partial charge >= 0.3 is 11.9 Å². The van der Waals surface area contributed by atoms with Crippen molar-refractivity contribution >= 4 is 46.5 Å². The molecule has 2 aromatic heterocycles. The van der Waals surface area contributed by atoms with E-state index in [1.54, 1.807) is 62.4 Å². The maximum absolute atomic E-state index is 13.2. The Morgan fingerprint density at radius 3 is 2.32 bits per heavy atom. The molecular weight excluding hydrogens is 532 g/mol. The van der Waals surface area contributed by atoms with E-state index in [4.69, 9.17) is 25.8 Å². The fourth-order valence-electron chi connectivity index (χ4n) is 3.30. The molecule has 0 aliphatic carbocycles. The van der Waals surface area contributed by atoms with E-state index >= 15 is 0 Å². The lowest BCUT2D eigenvalue weighted by molar-refractivity contribution is 0.0516. The molecule has 4 aromatic rings. The number of benzene rings is 2. The molecular formula is C26H23ClN4O6S. The summed E-state index contributed by atoms with van der Waals surface area (Å²) in [5, 5.41) is 3.97. The third-order valence-electron chi connectivity index (χ3n) is 5.07. The summed E-state index contributed by atoms with van der Waals surface area (Å²) in [6.45, 7) is 3.94. The second-order valence-corrected chi connectivity index (χ2v) is 9.13. The summed E-state index contributed by atoms with van der Waals surface area (Å²) in [4.78, 5) is 46.1. The van der Waals surface area contributed by atoms with Gasteiger partial charge in [0.25, 0.3) is 10.8 Å². The van der Waals surface area contributed by atoms with Crippen molar-refractivity contribution in [2.24, 2.45) is 0 Å². The summed E-state index contributed by atoms with van der Waals surface area (Å²) in [5.74, 6) is -0.475. The van der Waals surface area contributed by atoms with Crippen LogP contribution >= 0.6 is 22.9 Å². The van der Waals surface area contributed by atoms with Gasteiger partial charge in [-0.1, -0.05) is 35.1 Å². The van der Waals surface area contributed by atoms with Crippen molar-refractivity contribution in [2.45, 2.75) is 20.4 Å². The number of esters is 2. The number of thiazole rings is 1. The maximum Gasteiger partial charge on any atom is 0.350 e. The van der Waals surface area contributed by atoms with E-state index in [2.05, 4.69) is 15.3 Å². The van der Waals surface area contributed by atoms with Crippen LogP contribution in [0, 0.1) is 0 Å². The molecule has 0 atom stereocenters. The minimum absolute atomic E-state index is 0.134. The van der Waals surface area contributed by atoms with Crippen molar-refractivity contribution < 1.29 is 23.8 Å². The van der Waals surface area contributed by atoms with Gasteiger partial charge in [0, 0.05) is 10.7 Å². The van der Waals surface area contributed by atoms with Crippen molar-refractivity contribution in [2.75, 3.05) is 18.5 Å². The summed E-state index contributed by atoms with van der Waals surface area (Å²) >= 11 is 7.07. The Bertz CT molecular complexity index is 1490. The minimum atomic E-state index is -0.740. The molecule has 0 radical (unpaired) electrons. The van der Waals surface area contributed by atoms with Crippen LogP contribution < -0.4 is 15.6 Å². The van der Waals surface area contributed by atoms with Crippen LogP contribution in [0.2, 0.25) is 5.02 Å². The number of aromatic nitrogens is 3. The smallest absolute Gasteiger partial charge is 0.350 e. The number of nitrogens with one attached hydrogen (secondary N) is 1. The monoisotopic (exact) mass is 554 g/mol. The highest BCUT2D eigenvalue weighted by molar-refractivity contribution is 7.15. The Labute approximate surface area is 226 Å². The molecule has 196 valence electrons. The molecule has 0 spiro atoms. The number of nitrogens with zero attached hydrogens (tertiary/aromatic N) is 3. The molecule has 2 heterocycles. The number of hydrogen-bond acceptors (Lipinski definition) is 10. The highest BCUT2D eigenvalue weighted by atomic mass is 35.5. The molecule has 4 rings (SSSR count). The first-order valence-corrected chi connectivity index (χ1v) is 12.8. The van der Waals surface area contributed by atoms with Gasteiger partial charge in [0.2, 0.25) is 5.95 Å². The molecule has 0 amide bonds. The number of ether oxygens (including phenoxy) is 3. The Balaban J connectivity index is 1.55. The van der Waals surface area contributed by atoms with Crippen molar-refractivity contribution in [3.05, 3.63) is 92.3 Å². The van der Waals surface area contributed by atoms with Gasteiger partial charge in [0.1, 0.15) is 16.2 Å². The quantitative estimate of drug-likeness (QED) is 0.260. The Morgan fingerprint density at radius 2 is 1.63 bits per heavy atom. The van der Waals surface area contributed by atoms with E-state index in [0.29, 0.717) is 26.5 Å². The van der Waals surface area contributed by atoms with Gasteiger partial charge in [-0.3, -0.25) is 9.36 Å². The van der Waals surface area contributed by atoms with Crippen LogP contribution in [0.5, 0.6) is 10.9 Å². The van der Waals surface area contributed by atoms with E-state index in [1.807, 2.05) is 0 Å². The van der Waals surface area contributed by atoms with Gasteiger partial charge in [-0.15, -0.1) is 0 Å². The van der Waals surface area contributed by atoms with Gasteiger partial charge in [-0.05, 0) is 55.8 Å². The zero-order chi connectivity index (χ0) is 27.1. The topological polar surface area (TPSA) is 122 Å². The number of carbonyl (C=O) groups excluding carboxylic acids is 2. The average Bonchev–Trinajstić information content (AvgIpc) is 3.37. The Hall–Kier alpha value is -4.22. The molecule has 1 N–H and O–H groups in total. The van der Waals surface area contributed by atoms with E-state index in [9.17, 15) is 14.4 Å². The largest absolute Gasteiger partial charge is 0.462 e. The fourth-order valence-corrected chi connectivity index (χ4v) is 4.10. The van der Waals surface area contributed by atoms with Gasteiger partial charge in [0.05, 0.1) is 32.2 Å². The lowest BCUT2D eigenvalue weighted by Crippen LogP contribution is -2.30. The molecule has 0 saturated heterocycles. The van der Waals surface area contributed by atoms with Crippen molar-refractivity contribution in [1.29, 1.82) is 0 Å². The van der Waals surface area contributed by atoms with Crippen LogP contribution in [0.25, 0.3) is 0 Å². The number of halogens is 1. The van der Waals surface area contributed by atoms with Gasteiger partial charge in [-0.25, -0.2) is 19.6 Å². The lowest BCUT2D eigenvalue weighted by Gasteiger charge is -2.15. The molecule has 10 nitrogen and oxygen atoms in total. The molecule has 2 aromatic carbocycles. The first-order chi connectivity index (χ1) is 18.4.